The van der Waals surface area contributed by atoms with Crippen molar-refractivity contribution in [3.05, 3.63) is 106 Å². The summed E-state index contributed by atoms with van der Waals surface area (Å²) in [5.74, 6) is -0.760. The topological polar surface area (TPSA) is 70.1 Å². The molecule has 0 fully saturated rings. The summed E-state index contributed by atoms with van der Waals surface area (Å²) < 4.78 is 44.5. The predicted molar refractivity (Wildman–Crippen MR) is 132 cm³/mol. The molecule has 1 amide bonds. The number of halogens is 4. The molecule has 3 aromatic carbocycles. The fourth-order valence-electron chi connectivity index (χ4n) is 3.84. The van der Waals surface area contributed by atoms with Gasteiger partial charge in [0, 0.05) is 35.2 Å². The molecule has 0 unspecified atom stereocenters. The van der Waals surface area contributed by atoms with Gasteiger partial charge in [0.2, 0.25) is 0 Å². The molecule has 1 aliphatic rings. The van der Waals surface area contributed by atoms with E-state index in [0.29, 0.717) is 27.6 Å². The number of amides is 1. The summed E-state index contributed by atoms with van der Waals surface area (Å²) in [4.78, 5) is 27.0. The van der Waals surface area contributed by atoms with Crippen LogP contribution in [-0.2, 0) is 35.3 Å². The van der Waals surface area contributed by atoms with E-state index in [4.69, 9.17) is 16.3 Å². The summed E-state index contributed by atoms with van der Waals surface area (Å²) in [6, 6.07) is 16.6. The molecule has 192 valence electrons. The van der Waals surface area contributed by atoms with Gasteiger partial charge in [0.15, 0.2) is 0 Å². The Balaban J connectivity index is 1.51. The highest BCUT2D eigenvalue weighted by molar-refractivity contribution is 6.30. The van der Waals surface area contributed by atoms with Crippen LogP contribution >= 0.6 is 11.6 Å². The summed E-state index contributed by atoms with van der Waals surface area (Å²) in [5.41, 5.74) is 1.70. The summed E-state index contributed by atoms with van der Waals surface area (Å²) in [6.07, 6.45) is -1.48. The molecule has 0 radical (unpaired) electrons. The zero-order valence-electron chi connectivity index (χ0n) is 19.4. The third kappa shape index (κ3) is 6.83. The lowest BCUT2D eigenvalue weighted by Crippen LogP contribution is -2.39. The van der Waals surface area contributed by atoms with Gasteiger partial charge in [-0.1, -0.05) is 29.8 Å². The Morgan fingerprint density at radius 3 is 2.27 bits per heavy atom. The first-order valence-corrected chi connectivity index (χ1v) is 11.6. The Bertz CT molecular complexity index is 1310. The standard InChI is InChI=1S/C27H22ClF3N2O4/c28-22-6-1-18(2-7-22)17-37-24-10-3-19(14-26(35)36)13-20(24)15-32-11-12-33(25(34)16-32)23-8-4-21(5-9-23)27(29,30)31/h1-13H,14-17H2,(H,35,36). The van der Waals surface area contributed by atoms with E-state index < -0.39 is 17.7 Å². The van der Waals surface area contributed by atoms with E-state index >= 15 is 0 Å². The van der Waals surface area contributed by atoms with Crippen LogP contribution in [0.3, 0.4) is 0 Å². The number of nitrogens with zero attached hydrogens (tertiary/aromatic N) is 2. The van der Waals surface area contributed by atoms with Crippen LogP contribution in [0.5, 0.6) is 5.75 Å². The van der Waals surface area contributed by atoms with E-state index in [-0.39, 0.29) is 32.0 Å². The van der Waals surface area contributed by atoms with Crippen molar-refractivity contribution in [2.24, 2.45) is 0 Å². The van der Waals surface area contributed by atoms with Gasteiger partial charge in [-0.3, -0.25) is 14.5 Å². The molecular weight excluding hydrogens is 509 g/mol. The maximum atomic E-state index is 12.8. The van der Waals surface area contributed by atoms with Gasteiger partial charge in [0.1, 0.15) is 12.4 Å². The van der Waals surface area contributed by atoms with E-state index in [1.54, 1.807) is 41.4 Å². The van der Waals surface area contributed by atoms with Gasteiger partial charge in [0.05, 0.1) is 18.5 Å². The van der Waals surface area contributed by atoms with E-state index in [1.165, 1.54) is 23.2 Å². The third-order valence-electron chi connectivity index (χ3n) is 5.67. The molecule has 10 heteroatoms. The van der Waals surface area contributed by atoms with Crippen molar-refractivity contribution in [3.8, 4) is 5.75 Å². The lowest BCUT2D eigenvalue weighted by atomic mass is 10.1. The maximum Gasteiger partial charge on any atom is 0.416 e. The molecule has 3 aromatic rings. The van der Waals surface area contributed by atoms with Gasteiger partial charge in [-0.05, 0) is 59.7 Å². The summed E-state index contributed by atoms with van der Waals surface area (Å²) in [5, 5.41) is 9.79. The van der Waals surface area contributed by atoms with E-state index in [9.17, 15) is 27.9 Å². The number of ether oxygens (including phenoxy) is 1. The molecule has 0 spiro atoms. The Morgan fingerprint density at radius 2 is 1.65 bits per heavy atom. The number of rotatable bonds is 8. The number of carbonyl (C=O) groups is 2. The molecule has 1 heterocycles. The molecule has 0 aromatic heterocycles. The average molecular weight is 531 g/mol. The van der Waals surface area contributed by atoms with Gasteiger partial charge in [-0.2, -0.15) is 13.2 Å². The summed E-state index contributed by atoms with van der Waals surface area (Å²) in [6.45, 7) is 0.489. The van der Waals surface area contributed by atoms with Crippen molar-refractivity contribution >= 4 is 29.2 Å². The number of alkyl halides is 3. The quantitative estimate of drug-likeness (QED) is 0.393. The van der Waals surface area contributed by atoms with Crippen LogP contribution in [-0.4, -0.2) is 28.4 Å². The molecule has 0 bridgehead atoms. The van der Waals surface area contributed by atoms with E-state index in [1.807, 2.05) is 12.1 Å². The minimum absolute atomic E-state index is 0.0305. The molecule has 1 aliphatic heterocycles. The van der Waals surface area contributed by atoms with Crippen LogP contribution in [0.25, 0.3) is 0 Å². The van der Waals surface area contributed by atoms with Crippen molar-refractivity contribution in [3.63, 3.8) is 0 Å². The fourth-order valence-corrected chi connectivity index (χ4v) is 3.96. The molecular formula is C27H22ClF3N2O4. The van der Waals surface area contributed by atoms with E-state index in [0.717, 1.165) is 17.7 Å². The Labute approximate surface area is 216 Å². The monoisotopic (exact) mass is 530 g/mol. The molecule has 0 atom stereocenters. The van der Waals surface area contributed by atoms with Crippen LogP contribution < -0.4 is 9.64 Å². The number of hydrogen-bond donors (Lipinski definition) is 1. The SMILES string of the molecule is O=C(O)Cc1ccc(OCc2ccc(Cl)cc2)c(CN2C=CN(c3ccc(C(F)(F)F)cc3)C(=O)C2)c1. The van der Waals surface area contributed by atoms with Crippen molar-refractivity contribution in [2.75, 3.05) is 11.4 Å². The highest BCUT2D eigenvalue weighted by atomic mass is 35.5. The molecule has 1 N–H and O–H groups in total. The summed E-state index contributed by atoms with van der Waals surface area (Å²) in [7, 11) is 0. The van der Waals surface area contributed by atoms with Crippen LogP contribution in [0.4, 0.5) is 18.9 Å². The predicted octanol–water partition coefficient (Wildman–Crippen LogP) is 5.88. The Kier molecular flexibility index (Phi) is 7.73. The zero-order chi connectivity index (χ0) is 26.6. The van der Waals surface area contributed by atoms with Crippen LogP contribution in [0, 0.1) is 0 Å². The number of anilines is 1. The first kappa shape index (κ1) is 26.1. The van der Waals surface area contributed by atoms with Crippen molar-refractivity contribution in [2.45, 2.75) is 25.7 Å². The van der Waals surface area contributed by atoms with Crippen LogP contribution in [0.15, 0.2) is 79.1 Å². The molecule has 0 aliphatic carbocycles. The second kappa shape index (κ2) is 11.0. The van der Waals surface area contributed by atoms with Crippen molar-refractivity contribution in [1.29, 1.82) is 0 Å². The number of carboxylic acid groups (broad SMARTS) is 1. The number of benzene rings is 3. The van der Waals surface area contributed by atoms with Crippen molar-refractivity contribution in [1.82, 2.24) is 4.90 Å². The number of carbonyl (C=O) groups excluding carboxylic acids is 1. The molecule has 0 saturated heterocycles. The number of carboxylic acids is 1. The van der Waals surface area contributed by atoms with Gasteiger partial charge in [0.25, 0.3) is 5.91 Å². The van der Waals surface area contributed by atoms with Gasteiger partial charge < -0.3 is 14.7 Å². The second-order valence-corrected chi connectivity index (χ2v) is 8.88. The largest absolute Gasteiger partial charge is 0.489 e. The fraction of sp³-hybridized carbons (Fsp3) is 0.185. The molecule has 37 heavy (non-hydrogen) atoms. The number of aliphatic carboxylic acids is 1. The highest BCUT2D eigenvalue weighted by Gasteiger charge is 2.30. The smallest absolute Gasteiger partial charge is 0.416 e. The van der Waals surface area contributed by atoms with Gasteiger partial charge in [-0.25, -0.2) is 0 Å². The average Bonchev–Trinajstić information content (AvgIpc) is 2.84. The first-order chi connectivity index (χ1) is 17.6. The lowest BCUT2D eigenvalue weighted by molar-refractivity contribution is -0.138. The molecule has 4 rings (SSSR count). The molecule has 0 saturated carbocycles. The normalized spacial score (nSPS) is 13.7. The first-order valence-electron chi connectivity index (χ1n) is 11.2. The maximum absolute atomic E-state index is 12.8. The van der Waals surface area contributed by atoms with E-state index in [2.05, 4.69) is 0 Å². The van der Waals surface area contributed by atoms with Gasteiger partial charge in [-0.15, -0.1) is 0 Å². The third-order valence-corrected chi connectivity index (χ3v) is 5.92. The highest BCUT2D eigenvalue weighted by Crippen LogP contribution is 2.31. The minimum atomic E-state index is -4.46. The second-order valence-electron chi connectivity index (χ2n) is 8.44. The van der Waals surface area contributed by atoms with Crippen LogP contribution in [0.1, 0.15) is 22.3 Å². The van der Waals surface area contributed by atoms with Crippen molar-refractivity contribution < 1.29 is 32.6 Å². The van der Waals surface area contributed by atoms with Crippen LogP contribution in [0.2, 0.25) is 5.02 Å². The summed E-state index contributed by atoms with van der Waals surface area (Å²) >= 11 is 5.93. The molecule has 6 nitrogen and oxygen atoms in total. The lowest BCUT2D eigenvalue weighted by Gasteiger charge is -2.30. The number of hydrogen-bond acceptors (Lipinski definition) is 4. The van der Waals surface area contributed by atoms with Gasteiger partial charge >= 0.3 is 12.1 Å². The minimum Gasteiger partial charge on any atom is -0.489 e. The Hall–Kier alpha value is -3.98. The Morgan fingerprint density at radius 1 is 0.973 bits per heavy atom. The zero-order valence-corrected chi connectivity index (χ0v) is 20.2.